The van der Waals surface area contributed by atoms with Crippen molar-refractivity contribution in [1.82, 2.24) is 5.32 Å². The molecule has 1 heterocycles. The molecule has 1 aliphatic carbocycles. The number of hydrogen-bond donors (Lipinski definition) is 1. The second-order valence-corrected chi connectivity index (χ2v) is 9.98. The number of benzene rings is 2. The number of carbonyl (C=O) groups excluding carboxylic acids is 1. The van der Waals surface area contributed by atoms with Crippen LogP contribution in [0, 0.1) is 6.92 Å². The predicted molar refractivity (Wildman–Crippen MR) is 123 cm³/mol. The Morgan fingerprint density at radius 3 is 2.66 bits per heavy atom. The van der Waals surface area contributed by atoms with Crippen molar-refractivity contribution in [3.05, 3.63) is 59.7 Å². The van der Waals surface area contributed by atoms with Gasteiger partial charge in [0.05, 0.1) is 24.2 Å². The van der Waals surface area contributed by atoms with Crippen molar-refractivity contribution in [1.29, 1.82) is 0 Å². The number of aryl methyl sites for hydroxylation is 1. The molecule has 2 aliphatic rings. The van der Waals surface area contributed by atoms with E-state index in [2.05, 4.69) is 11.4 Å². The Labute approximate surface area is 189 Å². The molecule has 0 saturated carbocycles. The molecule has 32 heavy (non-hydrogen) atoms. The van der Waals surface area contributed by atoms with E-state index < -0.39 is 16.1 Å². The topological polar surface area (TPSA) is 84.9 Å². The lowest BCUT2D eigenvalue weighted by molar-refractivity contribution is -0.127. The summed E-state index contributed by atoms with van der Waals surface area (Å²) >= 11 is 0. The number of fused-ring (bicyclic) bond motifs is 1. The normalized spacial score (nSPS) is 18.2. The van der Waals surface area contributed by atoms with Crippen molar-refractivity contribution in [2.75, 3.05) is 24.5 Å². The van der Waals surface area contributed by atoms with Gasteiger partial charge < -0.3 is 14.8 Å². The molecule has 0 spiro atoms. The first-order valence-corrected chi connectivity index (χ1v) is 12.2. The molecule has 0 radical (unpaired) electrons. The van der Waals surface area contributed by atoms with Crippen LogP contribution in [0.5, 0.6) is 11.5 Å². The molecule has 0 unspecified atom stereocenters. The van der Waals surface area contributed by atoms with E-state index in [0.717, 1.165) is 24.8 Å². The summed E-state index contributed by atoms with van der Waals surface area (Å²) in [5.41, 5.74) is 2.55. The highest BCUT2D eigenvalue weighted by Gasteiger charge is 2.37. The van der Waals surface area contributed by atoms with Crippen LogP contribution in [0.1, 0.15) is 31.2 Å². The Morgan fingerprint density at radius 1 is 1.19 bits per heavy atom. The van der Waals surface area contributed by atoms with E-state index in [4.69, 9.17) is 9.47 Å². The molecular formula is C24H28N2O5S. The fraction of sp³-hybridized carbons (Fsp3) is 0.375. The van der Waals surface area contributed by atoms with Crippen molar-refractivity contribution in [3.8, 4) is 11.5 Å². The summed E-state index contributed by atoms with van der Waals surface area (Å²) in [7, 11) is -2.38. The Balaban J connectivity index is 1.61. The Hall–Kier alpha value is -3.00. The highest BCUT2D eigenvalue weighted by atomic mass is 32.2. The average molecular weight is 457 g/mol. The van der Waals surface area contributed by atoms with E-state index >= 15 is 0 Å². The lowest BCUT2D eigenvalue weighted by Gasteiger charge is -2.35. The molecule has 4 rings (SSSR count). The molecule has 2 aromatic carbocycles. The number of hydrogen-bond acceptors (Lipinski definition) is 5. The van der Waals surface area contributed by atoms with Crippen LogP contribution in [-0.2, 0) is 14.8 Å². The van der Waals surface area contributed by atoms with E-state index in [1.165, 1.54) is 35.5 Å². The van der Waals surface area contributed by atoms with Gasteiger partial charge >= 0.3 is 0 Å². The van der Waals surface area contributed by atoms with Gasteiger partial charge in [-0.1, -0.05) is 17.7 Å². The fourth-order valence-corrected chi connectivity index (χ4v) is 5.46. The summed E-state index contributed by atoms with van der Waals surface area (Å²) in [6.07, 6.45) is 5.54. The predicted octanol–water partition coefficient (Wildman–Crippen LogP) is 3.58. The molecule has 2 aromatic rings. The third-order valence-electron chi connectivity index (χ3n) is 5.80. The van der Waals surface area contributed by atoms with Crippen LogP contribution in [0.4, 0.5) is 5.69 Å². The minimum absolute atomic E-state index is 0.102. The van der Waals surface area contributed by atoms with Gasteiger partial charge in [0.25, 0.3) is 15.9 Å². The van der Waals surface area contributed by atoms with Gasteiger partial charge in [0, 0.05) is 6.54 Å². The van der Waals surface area contributed by atoms with Gasteiger partial charge in [0.2, 0.25) is 0 Å². The molecule has 0 saturated heterocycles. The molecular weight excluding hydrogens is 428 g/mol. The Bertz CT molecular complexity index is 1130. The standard InChI is InChI=1S/C24H28N2O5S/c1-17-8-13-21-22(14-17)31-23(24(27)25-15-18-6-4-3-5-7-18)16-26(21)32(28,29)20-11-9-19(30-2)10-12-20/h6,8-14,23H,3-5,7,15-16H2,1-2H3,(H,25,27)/t23-/m0/s1. The van der Waals surface area contributed by atoms with Crippen molar-refractivity contribution in [2.24, 2.45) is 0 Å². The van der Waals surface area contributed by atoms with Crippen LogP contribution in [0.25, 0.3) is 0 Å². The number of nitrogens with one attached hydrogen (secondary N) is 1. The summed E-state index contributed by atoms with van der Waals surface area (Å²) in [4.78, 5) is 13.1. The minimum Gasteiger partial charge on any atom is -0.497 e. The van der Waals surface area contributed by atoms with Crippen LogP contribution in [0.3, 0.4) is 0 Å². The smallest absolute Gasteiger partial charge is 0.264 e. The SMILES string of the molecule is COc1ccc(S(=O)(=O)N2C[C@@H](C(=O)NCC3=CCCCC3)Oc3cc(C)ccc32)cc1. The van der Waals surface area contributed by atoms with Crippen LogP contribution in [-0.4, -0.2) is 40.6 Å². The van der Waals surface area contributed by atoms with Gasteiger partial charge in [-0.25, -0.2) is 8.42 Å². The molecule has 1 amide bonds. The Kier molecular flexibility index (Phi) is 6.41. The third kappa shape index (κ3) is 4.60. The van der Waals surface area contributed by atoms with Gasteiger partial charge in [0.1, 0.15) is 11.5 Å². The lowest BCUT2D eigenvalue weighted by atomic mass is 10.00. The number of ether oxygens (including phenoxy) is 2. The monoisotopic (exact) mass is 456 g/mol. The number of rotatable bonds is 6. The number of allylic oxidation sites excluding steroid dienone is 1. The maximum absolute atomic E-state index is 13.5. The summed E-state index contributed by atoms with van der Waals surface area (Å²) < 4.78 is 39.3. The molecule has 1 N–H and O–H groups in total. The first-order valence-electron chi connectivity index (χ1n) is 10.8. The lowest BCUT2D eigenvalue weighted by Crippen LogP contribution is -2.51. The summed E-state index contributed by atoms with van der Waals surface area (Å²) in [5.74, 6) is 0.625. The zero-order valence-corrected chi connectivity index (χ0v) is 19.2. The maximum atomic E-state index is 13.5. The molecule has 1 aliphatic heterocycles. The van der Waals surface area contributed by atoms with Crippen LogP contribution in [0.15, 0.2) is 59.0 Å². The number of carbonyl (C=O) groups is 1. The quantitative estimate of drug-likeness (QED) is 0.672. The zero-order valence-electron chi connectivity index (χ0n) is 18.3. The number of amides is 1. The number of sulfonamides is 1. The van der Waals surface area contributed by atoms with Gasteiger partial charge in [-0.15, -0.1) is 0 Å². The highest BCUT2D eigenvalue weighted by Crippen LogP contribution is 2.38. The van der Waals surface area contributed by atoms with Crippen molar-refractivity contribution in [2.45, 2.75) is 43.6 Å². The van der Waals surface area contributed by atoms with Crippen LogP contribution < -0.4 is 19.1 Å². The van der Waals surface area contributed by atoms with Crippen LogP contribution >= 0.6 is 0 Å². The van der Waals surface area contributed by atoms with Gasteiger partial charge in [-0.2, -0.15) is 0 Å². The first-order chi connectivity index (χ1) is 15.4. The molecule has 1 atom stereocenters. The number of anilines is 1. The van der Waals surface area contributed by atoms with Crippen molar-refractivity contribution in [3.63, 3.8) is 0 Å². The largest absolute Gasteiger partial charge is 0.497 e. The Morgan fingerprint density at radius 2 is 1.97 bits per heavy atom. The zero-order chi connectivity index (χ0) is 22.7. The van der Waals surface area contributed by atoms with Gasteiger partial charge in [0.15, 0.2) is 6.10 Å². The van der Waals surface area contributed by atoms with E-state index in [1.54, 1.807) is 24.3 Å². The van der Waals surface area contributed by atoms with E-state index in [1.807, 2.05) is 13.0 Å². The van der Waals surface area contributed by atoms with E-state index in [-0.39, 0.29) is 17.3 Å². The van der Waals surface area contributed by atoms with Gasteiger partial charge in [-0.3, -0.25) is 9.10 Å². The minimum atomic E-state index is -3.91. The fourth-order valence-electron chi connectivity index (χ4n) is 3.98. The molecule has 7 nitrogen and oxygen atoms in total. The third-order valence-corrected chi connectivity index (χ3v) is 7.59. The number of nitrogens with zero attached hydrogens (tertiary/aromatic N) is 1. The second kappa shape index (κ2) is 9.24. The van der Waals surface area contributed by atoms with Gasteiger partial charge in [-0.05, 0) is 74.6 Å². The van der Waals surface area contributed by atoms with Crippen molar-refractivity contribution < 1.29 is 22.7 Å². The maximum Gasteiger partial charge on any atom is 0.264 e. The van der Waals surface area contributed by atoms with E-state index in [9.17, 15) is 13.2 Å². The summed E-state index contributed by atoms with van der Waals surface area (Å²) in [5, 5.41) is 2.92. The molecule has 8 heteroatoms. The van der Waals surface area contributed by atoms with Crippen molar-refractivity contribution >= 4 is 21.6 Å². The summed E-state index contributed by atoms with van der Waals surface area (Å²) in [6, 6.07) is 11.5. The van der Waals surface area contributed by atoms with Crippen LogP contribution in [0.2, 0.25) is 0 Å². The van der Waals surface area contributed by atoms with E-state index in [0.29, 0.717) is 23.7 Å². The molecule has 170 valence electrons. The highest BCUT2D eigenvalue weighted by molar-refractivity contribution is 7.92. The number of methoxy groups -OCH3 is 1. The first kappa shape index (κ1) is 22.2. The average Bonchev–Trinajstić information content (AvgIpc) is 2.82. The molecule has 0 fully saturated rings. The molecule has 0 aromatic heterocycles. The summed E-state index contributed by atoms with van der Waals surface area (Å²) in [6.45, 7) is 2.26. The second-order valence-electron chi connectivity index (χ2n) is 8.12. The molecule has 0 bridgehead atoms.